The van der Waals surface area contributed by atoms with Crippen molar-refractivity contribution in [3.8, 4) is 0 Å². The molecule has 104 valence electrons. The number of carbonyl (C=O) groups excluding carboxylic acids is 1. The number of urea groups is 1. The van der Waals surface area contributed by atoms with Crippen LogP contribution in [0.3, 0.4) is 0 Å². The number of carboxylic acids is 1. The first-order chi connectivity index (χ1) is 8.74. The van der Waals surface area contributed by atoms with Crippen molar-refractivity contribution in [2.24, 2.45) is 0 Å². The number of aliphatic hydroxyl groups is 1. The molecule has 0 bridgehead atoms. The van der Waals surface area contributed by atoms with E-state index >= 15 is 0 Å². The predicted octanol–water partition coefficient (Wildman–Crippen LogP) is 1.55. The van der Waals surface area contributed by atoms with Crippen LogP contribution in [-0.2, 0) is 4.79 Å². The molecule has 1 atom stereocenters. The van der Waals surface area contributed by atoms with Crippen LogP contribution in [0.15, 0.2) is 22.7 Å². The van der Waals surface area contributed by atoms with E-state index in [-0.39, 0.29) is 5.69 Å². The molecular weight excluding hydrogens is 323 g/mol. The number of para-hydroxylation sites is 1. The second-order valence-electron chi connectivity index (χ2n) is 3.98. The molecule has 0 fully saturated rings. The maximum atomic E-state index is 13.4. The zero-order valence-corrected chi connectivity index (χ0v) is 11.5. The number of hydrogen-bond acceptors (Lipinski definition) is 3. The fourth-order valence-corrected chi connectivity index (χ4v) is 1.54. The van der Waals surface area contributed by atoms with Gasteiger partial charge in [0.05, 0.1) is 12.2 Å². The van der Waals surface area contributed by atoms with E-state index in [1.54, 1.807) is 0 Å². The second kappa shape index (κ2) is 5.98. The second-order valence-corrected chi connectivity index (χ2v) is 4.84. The zero-order chi connectivity index (χ0) is 14.6. The fourth-order valence-electron chi connectivity index (χ4n) is 1.10. The van der Waals surface area contributed by atoms with Gasteiger partial charge in [0.25, 0.3) is 0 Å². The van der Waals surface area contributed by atoms with Gasteiger partial charge < -0.3 is 20.8 Å². The van der Waals surface area contributed by atoms with Crippen LogP contribution in [0.5, 0.6) is 0 Å². The molecule has 0 aliphatic rings. The van der Waals surface area contributed by atoms with Crippen molar-refractivity contribution in [3.63, 3.8) is 0 Å². The van der Waals surface area contributed by atoms with Gasteiger partial charge in [-0.2, -0.15) is 0 Å². The summed E-state index contributed by atoms with van der Waals surface area (Å²) in [4.78, 5) is 22.1. The number of halogens is 2. The number of rotatable bonds is 4. The highest BCUT2D eigenvalue weighted by Crippen LogP contribution is 2.24. The topological polar surface area (TPSA) is 98.7 Å². The summed E-state index contributed by atoms with van der Waals surface area (Å²) in [5.74, 6) is -2.12. The molecule has 19 heavy (non-hydrogen) atoms. The monoisotopic (exact) mass is 334 g/mol. The summed E-state index contributed by atoms with van der Waals surface area (Å²) in [7, 11) is 0. The molecule has 1 rings (SSSR count). The molecule has 8 heteroatoms. The van der Waals surface area contributed by atoms with E-state index in [9.17, 15) is 19.1 Å². The number of aliphatic carboxylic acids is 1. The minimum atomic E-state index is -2.09. The van der Waals surface area contributed by atoms with Crippen LogP contribution in [0, 0.1) is 5.82 Å². The number of anilines is 1. The molecule has 0 aliphatic heterocycles. The quantitative estimate of drug-likeness (QED) is 0.671. The van der Waals surface area contributed by atoms with Crippen LogP contribution in [-0.4, -0.2) is 34.4 Å². The highest BCUT2D eigenvalue weighted by Gasteiger charge is 2.30. The number of nitrogens with one attached hydrogen (secondary N) is 2. The third-order valence-electron chi connectivity index (χ3n) is 2.26. The lowest BCUT2D eigenvalue weighted by Gasteiger charge is -2.18. The maximum Gasteiger partial charge on any atom is 0.337 e. The van der Waals surface area contributed by atoms with Crippen LogP contribution < -0.4 is 10.6 Å². The van der Waals surface area contributed by atoms with Crippen LogP contribution in [0.4, 0.5) is 14.9 Å². The van der Waals surface area contributed by atoms with Crippen molar-refractivity contribution in [1.29, 1.82) is 0 Å². The summed E-state index contributed by atoms with van der Waals surface area (Å²) in [5, 5.41) is 22.4. The Morgan fingerprint density at radius 3 is 2.63 bits per heavy atom. The molecule has 1 unspecified atom stereocenters. The van der Waals surface area contributed by atoms with Crippen LogP contribution in [0.2, 0.25) is 0 Å². The minimum Gasteiger partial charge on any atom is -0.479 e. The summed E-state index contributed by atoms with van der Waals surface area (Å²) in [6.07, 6.45) is 0. The third-order valence-corrected chi connectivity index (χ3v) is 2.92. The summed E-state index contributed by atoms with van der Waals surface area (Å²) in [6, 6.07) is 3.32. The lowest BCUT2D eigenvalue weighted by atomic mass is 10.1. The van der Waals surface area contributed by atoms with Gasteiger partial charge in [-0.1, -0.05) is 6.07 Å². The van der Waals surface area contributed by atoms with E-state index in [2.05, 4.69) is 26.6 Å². The first-order valence-corrected chi connectivity index (χ1v) is 5.98. The van der Waals surface area contributed by atoms with Gasteiger partial charge in [-0.05, 0) is 35.0 Å². The molecule has 0 heterocycles. The maximum absolute atomic E-state index is 13.4. The molecule has 0 saturated heterocycles. The van der Waals surface area contributed by atoms with Gasteiger partial charge in [0.15, 0.2) is 5.60 Å². The normalized spacial score (nSPS) is 13.5. The Labute approximate surface area is 116 Å². The molecule has 0 spiro atoms. The van der Waals surface area contributed by atoms with Crippen molar-refractivity contribution >= 4 is 33.6 Å². The van der Waals surface area contributed by atoms with Crippen molar-refractivity contribution in [3.05, 3.63) is 28.5 Å². The standard InChI is InChI=1S/C11H12BrFN2O4/c1-11(19,9(16)17)5-14-10(18)15-8-6(12)3-2-4-7(8)13/h2-4,19H,5H2,1H3,(H,16,17)(H2,14,15,18). The predicted molar refractivity (Wildman–Crippen MR) is 69.4 cm³/mol. The van der Waals surface area contributed by atoms with Crippen LogP contribution >= 0.6 is 15.9 Å². The molecule has 0 aromatic heterocycles. The highest BCUT2D eigenvalue weighted by atomic mass is 79.9. The fraction of sp³-hybridized carbons (Fsp3) is 0.273. The number of hydrogen-bond donors (Lipinski definition) is 4. The van der Waals surface area contributed by atoms with Gasteiger partial charge in [0.1, 0.15) is 5.82 Å². The Bertz CT molecular complexity index is 487. The summed E-state index contributed by atoms with van der Waals surface area (Å²) >= 11 is 3.06. The minimum absolute atomic E-state index is 0.0741. The van der Waals surface area contributed by atoms with Gasteiger partial charge in [0.2, 0.25) is 0 Å². The Balaban J connectivity index is 2.64. The summed E-state index contributed by atoms with van der Waals surface area (Å²) in [6.45, 7) is 0.523. The third kappa shape index (κ3) is 4.18. The summed E-state index contributed by atoms with van der Waals surface area (Å²) < 4.78 is 13.7. The lowest BCUT2D eigenvalue weighted by molar-refractivity contribution is -0.155. The first kappa shape index (κ1) is 15.4. The Hall–Kier alpha value is -1.67. The highest BCUT2D eigenvalue weighted by molar-refractivity contribution is 9.10. The van der Waals surface area contributed by atoms with E-state index in [1.807, 2.05) is 0 Å². The molecule has 2 amide bonds. The smallest absolute Gasteiger partial charge is 0.337 e. The number of carbonyl (C=O) groups is 2. The van der Waals surface area contributed by atoms with Crippen molar-refractivity contribution in [2.45, 2.75) is 12.5 Å². The Morgan fingerprint density at radius 2 is 2.11 bits per heavy atom. The van der Waals surface area contributed by atoms with E-state index in [0.29, 0.717) is 4.47 Å². The number of carboxylic acid groups (broad SMARTS) is 1. The molecule has 1 aromatic carbocycles. The largest absolute Gasteiger partial charge is 0.479 e. The Kier molecular flexibility index (Phi) is 4.84. The SMILES string of the molecule is CC(O)(CNC(=O)Nc1c(F)cccc1Br)C(=O)O. The summed E-state index contributed by atoms with van der Waals surface area (Å²) in [5.41, 5.74) is -2.17. The van der Waals surface area contributed by atoms with E-state index in [1.165, 1.54) is 12.1 Å². The average Bonchev–Trinajstić information content (AvgIpc) is 2.31. The molecule has 0 saturated carbocycles. The lowest BCUT2D eigenvalue weighted by Crippen LogP contribution is -2.47. The van der Waals surface area contributed by atoms with Gasteiger partial charge in [-0.25, -0.2) is 14.0 Å². The molecule has 0 radical (unpaired) electrons. The van der Waals surface area contributed by atoms with Gasteiger partial charge >= 0.3 is 12.0 Å². The van der Waals surface area contributed by atoms with Crippen molar-refractivity contribution < 1.29 is 24.2 Å². The van der Waals surface area contributed by atoms with Crippen LogP contribution in [0.25, 0.3) is 0 Å². The molecule has 1 aromatic rings. The zero-order valence-electron chi connectivity index (χ0n) is 9.91. The van der Waals surface area contributed by atoms with E-state index in [0.717, 1.165) is 13.0 Å². The first-order valence-electron chi connectivity index (χ1n) is 5.18. The number of amides is 2. The van der Waals surface area contributed by atoms with Gasteiger partial charge in [-0.15, -0.1) is 0 Å². The average molecular weight is 335 g/mol. The van der Waals surface area contributed by atoms with E-state index < -0.39 is 30.0 Å². The van der Waals surface area contributed by atoms with Crippen LogP contribution in [0.1, 0.15) is 6.92 Å². The van der Waals surface area contributed by atoms with E-state index in [4.69, 9.17) is 5.11 Å². The van der Waals surface area contributed by atoms with Gasteiger partial charge in [0, 0.05) is 4.47 Å². The molecular formula is C11H12BrFN2O4. The van der Waals surface area contributed by atoms with Crippen molar-refractivity contribution in [2.75, 3.05) is 11.9 Å². The number of benzene rings is 1. The Morgan fingerprint density at radius 1 is 1.47 bits per heavy atom. The van der Waals surface area contributed by atoms with Crippen molar-refractivity contribution in [1.82, 2.24) is 5.32 Å². The van der Waals surface area contributed by atoms with Gasteiger partial charge in [-0.3, -0.25) is 0 Å². The molecule has 6 nitrogen and oxygen atoms in total. The molecule has 0 aliphatic carbocycles. The molecule has 4 N–H and O–H groups in total.